The quantitative estimate of drug-likeness (QED) is 0.511. The molecule has 1 atom stereocenters. The Morgan fingerprint density at radius 1 is 0.750 bits per heavy atom. The molecule has 2 rings (SSSR count). The first-order valence-electron chi connectivity index (χ1n) is 10.2. The van der Waals surface area contributed by atoms with Gasteiger partial charge >= 0.3 is 8.56 Å². The van der Waals surface area contributed by atoms with Gasteiger partial charge in [0.1, 0.15) is 0 Å². The largest absolute Gasteiger partial charge is 0.430 e. The summed E-state index contributed by atoms with van der Waals surface area (Å²) in [6.45, 7) is 15.5. The van der Waals surface area contributed by atoms with Crippen LogP contribution in [0.1, 0.15) is 20.3 Å². The van der Waals surface area contributed by atoms with Crippen molar-refractivity contribution in [3.05, 3.63) is 60.7 Å². The predicted molar refractivity (Wildman–Crippen MR) is 127 cm³/mol. The van der Waals surface area contributed by atoms with Crippen molar-refractivity contribution in [2.75, 3.05) is 6.23 Å². The van der Waals surface area contributed by atoms with Crippen LogP contribution in [0.25, 0.3) is 0 Å². The summed E-state index contributed by atoms with van der Waals surface area (Å²) < 4.78 is 20.3. The molecule has 0 fully saturated rings. The lowest BCUT2D eigenvalue weighted by atomic mass is 10.3. The van der Waals surface area contributed by atoms with E-state index >= 15 is 0 Å². The van der Waals surface area contributed by atoms with Crippen molar-refractivity contribution in [1.82, 2.24) is 0 Å². The first-order chi connectivity index (χ1) is 13.1. The molecule has 3 nitrogen and oxygen atoms in total. The number of benzene rings is 2. The van der Waals surface area contributed by atoms with E-state index in [1.54, 1.807) is 0 Å². The van der Waals surface area contributed by atoms with E-state index in [1.165, 1.54) is 10.4 Å². The third-order valence-corrected chi connectivity index (χ3v) is 14.5. The van der Waals surface area contributed by atoms with Gasteiger partial charge in [0.25, 0.3) is 0 Å². The summed E-state index contributed by atoms with van der Waals surface area (Å²) in [5.41, 5.74) is 0. The van der Waals surface area contributed by atoms with Crippen molar-refractivity contribution in [3.63, 3.8) is 0 Å². The molecule has 2 aromatic carbocycles. The number of hydrogen-bond acceptors (Lipinski definition) is 3. The van der Waals surface area contributed by atoms with Gasteiger partial charge in [0.2, 0.25) is 8.32 Å². The van der Waals surface area contributed by atoms with Gasteiger partial charge in [-0.3, -0.25) is 0 Å². The summed E-state index contributed by atoms with van der Waals surface area (Å²) in [5.74, 6) is 0. The molecule has 28 heavy (non-hydrogen) atoms. The van der Waals surface area contributed by atoms with Gasteiger partial charge in [-0.15, -0.1) is 0 Å². The topological polar surface area (TPSA) is 27.7 Å². The molecule has 154 valence electrons. The van der Waals surface area contributed by atoms with E-state index in [-0.39, 0.29) is 6.10 Å². The van der Waals surface area contributed by atoms with Crippen LogP contribution in [0.4, 0.5) is 0 Å². The number of hydrogen-bond donors (Lipinski definition) is 0. The zero-order chi connectivity index (χ0) is 20.8. The van der Waals surface area contributed by atoms with Crippen LogP contribution < -0.4 is 10.4 Å². The molecule has 0 bridgehead atoms. The lowest BCUT2D eigenvalue weighted by Crippen LogP contribution is -2.70. The summed E-state index contributed by atoms with van der Waals surface area (Å²) in [6, 6.07) is 21.1. The highest BCUT2D eigenvalue weighted by molar-refractivity contribution is 7.02. The molecule has 0 aliphatic heterocycles. The molecule has 0 radical (unpaired) electrons. The van der Waals surface area contributed by atoms with E-state index < -0.39 is 25.2 Å². The predicted octanol–water partition coefficient (Wildman–Crippen LogP) is 4.67. The molecule has 1 unspecified atom stereocenters. The molecule has 2 aromatic rings. The summed E-state index contributed by atoms with van der Waals surface area (Å²) in [5, 5.41) is 2.35. The highest BCUT2D eigenvalue weighted by Crippen LogP contribution is 2.22. The summed E-state index contributed by atoms with van der Waals surface area (Å²) in [7, 11) is -6.90. The smallest absolute Gasteiger partial charge is 0.386 e. The van der Waals surface area contributed by atoms with Crippen LogP contribution in [0.3, 0.4) is 0 Å². The zero-order valence-electron chi connectivity index (χ0n) is 18.5. The zero-order valence-corrected chi connectivity index (χ0v) is 21.5. The highest BCUT2D eigenvalue weighted by Gasteiger charge is 2.49. The minimum Gasteiger partial charge on any atom is -0.430 e. The van der Waals surface area contributed by atoms with E-state index in [1.807, 2.05) is 0 Å². The van der Waals surface area contributed by atoms with E-state index in [0.717, 1.165) is 6.42 Å². The first-order valence-corrected chi connectivity index (χ1v) is 18.5. The van der Waals surface area contributed by atoms with Crippen LogP contribution in [0.15, 0.2) is 60.7 Å². The van der Waals surface area contributed by atoms with Gasteiger partial charge in [-0.2, -0.15) is 0 Å². The van der Waals surface area contributed by atoms with E-state index in [0.29, 0.717) is 6.23 Å². The normalized spacial score (nSPS) is 14.1. The van der Waals surface area contributed by atoms with Gasteiger partial charge in [0, 0.05) is 0 Å². The van der Waals surface area contributed by atoms with Gasteiger partial charge in [-0.25, -0.2) is 0 Å². The molecule has 0 saturated heterocycles. The molecule has 6 heteroatoms. The molecule has 0 N–H and O–H groups in total. The van der Waals surface area contributed by atoms with Gasteiger partial charge < -0.3 is 13.0 Å². The van der Waals surface area contributed by atoms with Crippen molar-refractivity contribution < 1.29 is 13.0 Å². The lowest BCUT2D eigenvalue weighted by molar-refractivity contribution is 0.0881. The first kappa shape index (κ1) is 23.3. The Labute approximate surface area is 174 Å². The SMILES string of the molecule is CCC(C)OC[Si](C)(C)O[Si](O[Si](C)(C)C)(c1ccccc1)c1ccccc1. The van der Waals surface area contributed by atoms with E-state index in [2.05, 4.69) is 107 Å². The number of rotatable bonds is 10. The molecular weight excluding hydrogens is 396 g/mol. The van der Waals surface area contributed by atoms with Crippen LogP contribution in [-0.4, -0.2) is 37.5 Å². The van der Waals surface area contributed by atoms with Crippen LogP contribution in [0, 0.1) is 0 Å². The maximum absolute atomic E-state index is 7.13. The van der Waals surface area contributed by atoms with Gasteiger partial charge in [0.05, 0.1) is 12.3 Å². The maximum atomic E-state index is 7.13. The minimum atomic E-state index is -2.86. The van der Waals surface area contributed by atoms with E-state index in [4.69, 9.17) is 13.0 Å². The Bertz CT molecular complexity index is 675. The Hall–Kier alpha value is -1.03. The molecule has 0 aromatic heterocycles. The van der Waals surface area contributed by atoms with Crippen LogP contribution >= 0.6 is 0 Å². The van der Waals surface area contributed by atoms with Crippen LogP contribution in [0.5, 0.6) is 0 Å². The van der Waals surface area contributed by atoms with Crippen molar-refractivity contribution in [2.24, 2.45) is 0 Å². The van der Waals surface area contributed by atoms with Crippen molar-refractivity contribution in [3.8, 4) is 0 Å². The minimum absolute atomic E-state index is 0.248. The monoisotopic (exact) mass is 432 g/mol. The molecular formula is C22H36O3Si3. The maximum Gasteiger partial charge on any atom is 0.386 e. The second kappa shape index (κ2) is 9.65. The molecule has 0 spiro atoms. The van der Waals surface area contributed by atoms with Gasteiger partial charge in [-0.1, -0.05) is 67.6 Å². The second-order valence-corrected chi connectivity index (χ2v) is 21.0. The van der Waals surface area contributed by atoms with Gasteiger partial charge in [0.15, 0.2) is 8.32 Å². The fourth-order valence-corrected chi connectivity index (χ4v) is 14.6. The fourth-order valence-electron chi connectivity index (χ4n) is 3.05. The Kier molecular flexibility index (Phi) is 8.01. The van der Waals surface area contributed by atoms with E-state index in [9.17, 15) is 0 Å². The average molecular weight is 433 g/mol. The Balaban J connectivity index is 2.53. The average Bonchev–Trinajstić information content (AvgIpc) is 2.65. The third kappa shape index (κ3) is 6.50. The lowest BCUT2D eigenvalue weighted by Gasteiger charge is -2.42. The van der Waals surface area contributed by atoms with Crippen molar-refractivity contribution in [1.29, 1.82) is 0 Å². The highest BCUT2D eigenvalue weighted by atomic mass is 28.5. The standard InChI is InChI=1S/C22H36O3Si3/c1-8-20(2)23-19-27(6,7)25-28(24-26(3,4)5,21-15-11-9-12-16-21)22-17-13-10-14-18-22/h9-18,20H,8,19H2,1-7H3. The molecule has 0 amide bonds. The Morgan fingerprint density at radius 3 is 1.61 bits per heavy atom. The summed E-state index contributed by atoms with van der Waals surface area (Å²) in [4.78, 5) is 0. The second-order valence-electron chi connectivity index (χ2n) is 8.95. The molecule has 0 saturated carbocycles. The third-order valence-electron chi connectivity index (χ3n) is 4.47. The summed E-state index contributed by atoms with van der Waals surface area (Å²) in [6.07, 6.45) is 1.93. The Morgan fingerprint density at radius 2 is 1.21 bits per heavy atom. The fraction of sp³-hybridized carbons (Fsp3) is 0.455. The molecule has 0 heterocycles. The van der Waals surface area contributed by atoms with Crippen LogP contribution in [-0.2, 0) is 13.0 Å². The summed E-state index contributed by atoms with van der Waals surface area (Å²) >= 11 is 0. The number of ether oxygens (including phenoxy) is 1. The molecule has 0 aliphatic rings. The van der Waals surface area contributed by atoms with Crippen molar-refractivity contribution >= 4 is 35.6 Å². The van der Waals surface area contributed by atoms with Gasteiger partial charge in [-0.05, 0) is 56.5 Å². The van der Waals surface area contributed by atoms with Crippen molar-refractivity contribution in [2.45, 2.75) is 59.1 Å². The van der Waals surface area contributed by atoms with Crippen LogP contribution in [0.2, 0.25) is 32.7 Å². The molecule has 0 aliphatic carbocycles.